The molecule has 2 aromatic rings. The molecule has 3 rings (SSSR count). The van der Waals surface area contributed by atoms with Crippen LogP contribution in [-0.4, -0.2) is 35.8 Å². The van der Waals surface area contributed by atoms with Crippen molar-refractivity contribution in [2.45, 2.75) is 45.6 Å². The number of nitrogens with zero attached hydrogens (tertiary/aromatic N) is 1. The summed E-state index contributed by atoms with van der Waals surface area (Å²) in [5.41, 5.74) is 0. The Balaban J connectivity index is 1.48. The Bertz CT molecular complexity index is 727. The van der Waals surface area contributed by atoms with E-state index < -0.39 is 0 Å². The molecule has 27 heavy (non-hydrogen) atoms. The number of thiophene rings is 2. The summed E-state index contributed by atoms with van der Waals surface area (Å²) in [6, 6.07) is 8.33. The van der Waals surface area contributed by atoms with Crippen LogP contribution in [0.3, 0.4) is 0 Å². The molecule has 2 amide bonds. The van der Waals surface area contributed by atoms with Gasteiger partial charge in [0.1, 0.15) is 0 Å². The summed E-state index contributed by atoms with van der Waals surface area (Å²) in [7, 11) is 0. The summed E-state index contributed by atoms with van der Waals surface area (Å²) in [5.74, 6) is 0.228. The predicted octanol–water partition coefficient (Wildman–Crippen LogP) is 3.97. The van der Waals surface area contributed by atoms with Crippen LogP contribution in [0.2, 0.25) is 0 Å². The van der Waals surface area contributed by atoms with Gasteiger partial charge >= 0.3 is 0 Å². The molecule has 2 aromatic heterocycles. The second-order valence-electron chi connectivity index (χ2n) is 7.44. The lowest BCUT2D eigenvalue weighted by atomic mass is 10.0. The van der Waals surface area contributed by atoms with Crippen LogP contribution in [0.15, 0.2) is 35.0 Å². The third-order valence-corrected chi connectivity index (χ3v) is 7.01. The van der Waals surface area contributed by atoms with Crippen molar-refractivity contribution in [2.75, 3.05) is 13.1 Å². The Kier molecular flexibility index (Phi) is 7.07. The third kappa shape index (κ3) is 5.42. The molecule has 0 bridgehead atoms. The number of carbonyl (C=O) groups excluding carboxylic acids is 2. The normalized spacial score (nSPS) is 19.0. The van der Waals surface area contributed by atoms with Gasteiger partial charge in [-0.15, -0.1) is 22.7 Å². The molecule has 0 aromatic carbocycles. The first kappa shape index (κ1) is 20.1. The number of hydrogen-bond donors (Lipinski definition) is 1. The van der Waals surface area contributed by atoms with Gasteiger partial charge < -0.3 is 10.2 Å². The lowest BCUT2D eigenvalue weighted by Gasteiger charge is -2.28. The molecule has 1 aliphatic rings. The van der Waals surface area contributed by atoms with Gasteiger partial charge in [-0.25, -0.2) is 0 Å². The van der Waals surface area contributed by atoms with E-state index in [4.69, 9.17) is 0 Å². The van der Waals surface area contributed by atoms with Crippen LogP contribution in [0.4, 0.5) is 0 Å². The fourth-order valence-corrected chi connectivity index (χ4v) is 5.33. The quantitative estimate of drug-likeness (QED) is 0.724. The van der Waals surface area contributed by atoms with E-state index >= 15 is 0 Å². The third-order valence-electron chi connectivity index (χ3n) is 5.22. The zero-order chi connectivity index (χ0) is 19.2. The molecule has 1 N–H and O–H groups in total. The van der Waals surface area contributed by atoms with Crippen molar-refractivity contribution in [1.82, 2.24) is 10.2 Å². The smallest absolute Gasteiger partial charge is 0.226 e. The van der Waals surface area contributed by atoms with E-state index in [1.54, 1.807) is 22.7 Å². The molecule has 0 spiro atoms. The summed E-state index contributed by atoms with van der Waals surface area (Å²) in [5, 5.41) is 7.17. The Morgan fingerprint density at radius 3 is 2.33 bits per heavy atom. The number of likely N-dealkylation sites (tertiary alicyclic amines) is 1. The number of amides is 2. The van der Waals surface area contributed by atoms with E-state index in [-0.39, 0.29) is 29.7 Å². The standard InChI is InChI=1S/C21H28N2O2S2/c1-15(12-18-7-4-10-26-18)20(24)22-14-17-6-3-9-23(17)21(25)16(2)13-19-8-5-11-27-19/h4-5,7-8,10-11,15-17H,3,6,9,12-14H2,1-2H3,(H,22,24)/t15-,16-,17-/m1/s1. The number of hydrogen-bond acceptors (Lipinski definition) is 4. The van der Waals surface area contributed by atoms with E-state index in [1.807, 2.05) is 36.3 Å². The van der Waals surface area contributed by atoms with E-state index in [2.05, 4.69) is 22.8 Å². The van der Waals surface area contributed by atoms with E-state index in [9.17, 15) is 9.59 Å². The van der Waals surface area contributed by atoms with Gasteiger partial charge in [-0.3, -0.25) is 9.59 Å². The maximum Gasteiger partial charge on any atom is 0.226 e. The molecule has 0 saturated carbocycles. The number of rotatable bonds is 8. The van der Waals surface area contributed by atoms with E-state index in [0.29, 0.717) is 6.54 Å². The van der Waals surface area contributed by atoms with Gasteiger partial charge in [-0.2, -0.15) is 0 Å². The van der Waals surface area contributed by atoms with Gasteiger partial charge in [0.25, 0.3) is 0 Å². The van der Waals surface area contributed by atoms with Crippen molar-refractivity contribution in [3.63, 3.8) is 0 Å². The molecule has 6 heteroatoms. The average molecular weight is 405 g/mol. The molecule has 1 aliphatic heterocycles. The second-order valence-corrected chi connectivity index (χ2v) is 9.51. The van der Waals surface area contributed by atoms with Crippen LogP contribution in [0.1, 0.15) is 36.4 Å². The molecular weight excluding hydrogens is 376 g/mol. The lowest BCUT2D eigenvalue weighted by Crippen LogP contribution is -2.46. The maximum absolute atomic E-state index is 12.9. The highest BCUT2D eigenvalue weighted by atomic mass is 32.1. The molecule has 1 saturated heterocycles. The maximum atomic E-state index is 12.9. The highest BCUT2D eigenvalue weighted by Gasteiger charge is 2.32. The monoisotopic (exact) mass is 404 g/mol. The van der Waals surface area contributed by atoms with Crippen LogP contribution in [0.5, 0.6) is 0 Å². The van der Waals surface area contributed by atoms with Crippen molar-refractivity contribution in [3.05, 3.63) is 44.8 Å². The molecule has 3 heterocycles. The first-order chi connectivity index (χ1) is 13.0. The van der Waals surface area contributed by atoms with Gasteiger partial charge in [0.05, 0.1) is 0 Å². The van der Waals surface area contributed by atoms with Gasteiger partial charge in [0, 0.05) is 40.7 Å². The first-order valence-electron chi connectivity index (χ1n) is 9.67. The zero-order valence-corrected chi connectivity index (χ0v) is 17.7. The molecular formula is C21H28N2O2S2. The van der Waals surface area contributed by atoms with Crippen molar-refractivity contribution in [1.29, 1.82) is 0 Å². The molecule has 0 unspecified atom stereocenters. The molecule has 146 valence electrons. The molecule has 0 aliphatic carbocycles. The van der Waals surface area contributed by atoms with Crippen molar-refractivity contribution in [2.24, 2.45) is 11.8 Å². The van der Waals surface area contributed by atoms with Crippen LogP contribution in [0.25, 0.3) is 0 Å². The largest absolute Gasteiger partial charge is 0.354 e. The predicted molar refractivity (Wildman–Crippen MR) is 112 cm³/mol. The Morgan fingerprint density at radius 1 is 1.11 bits per heavy atom. The summed E-state index contributed by atoms with van der Waals surface area (Å²) < 4.78 is 0. The highest BCUT2D eigenvalue weighted by molar-refractivity contribution is 7.10. The lowest BCUT2D eigenvalue weighted by molar-refractivity contribution is -0.136. The minimum absolute atomic E-state index is 0.0160. The van der Waals surface area contributed by atoms with Gasteiger partial charge in [0.15, 0.2) is 0 Å². The SMILES string of the molecule is C[C@H](Cc1cccs1)C(=O)NC[C@H]1CCCN1C(=O)[C@H](C)Cc1cccs1. The van der Waals surface area contributed by atoms with Crippen LogP contribution >= 0.6 is 22.7 Å². The summed E-state index contributed by atoms with van der Waals surface area (Å²) >= 11 is 3.39. The average Bonchev–Trinajstić information content (AvgIpc) is 3.41. The summed E-state index contributed by atoms with van der Waals surface area (Å²) in [6.07, 6.45) is 3.55. The topological polar surface area (TPSA) is 49.4 Å². The summed E-state index contributed by atoms with van der Waals surface area (Å²) in [4.78, 5) is 29.8. The van der Waals surface area contributed by atoms with E-state index in [1.165, 1.54) is 9.75 Å². The highest BCUT2D eigenvalue weighted by Crippen LogP contribution is 2.22. The Labute approximate surface area is 169 Å². The number of nitrogens with one attached hydrogen (secondary N) is 1. The Morgan fingerprint density at radius 2 is 1.74 bits per heavy atom. The van der Waals surface area contributed by atoms with Crippen molar-refractivity contribution < 1.29 is 9.59 Å². The van der Waals surface area contributed by atoms with Crippen molar-refractivity contribution in [3.8, 4) is 0 Å². The summed E-state index contributed by atoms with van der Waals surface area (Å²) in [6.45, 7) is 5.35. The fourth-order valence-electron chi connectivity index (χ4n) is 3.65. The van der Waals surface area contributed by atoms with Crippen LogP contribution in [-0.2, 0) is 22.4 Å². The zero-order valence-electron chi connectivity index (χ0n) is 16.0. The molecule has 3 atom stereocenters. The number of carbonyl (C=O) groups is 2. The van der Waals surface area contributed by atoms with Crippen LogP contribution in [0, 0.1) is 11.8 Å². The second kappa shape index (κ2) is 9.51. The fraction of sp³-hybridized carbons (Fsp3) is 0.524. The van der Waals surface area contributed by atoms with E-state index in [0.717, 1.165) is 32.2 Å². The van der Waals surface area contributed by atoms with Crippen molar-refractivity contribution >= 4 is 34.5 Å². The first-order valence-corrected chi connectivity index (χ1v) is 11.4. The van der Waals surface area contributed by atoms with Crippen LogP contribution < -0.4 is 5.32 Å². The Hall–Kier alpha value is -1.66. The molecule has 1 fully saturated rings. The minimum atomic E-state index is -0.0491. The molecule has 0 radical (unpaired) electrons. The van der Waals surface area contributed by atoms with Gasteiger partial charge in [-0.1, -0.05) is 26.0 Å². The molecule has 4 nitrogen and oxygen atoms in total. The minimum Gasteiger partial charge on any atom is -0.354 e. The van der Waals surface area contributed by atoms with Gasteiger partial charge in [-0.05, 0) is 48.6 Å². The van der Waals surface area contributed by atoms with Gasteiger partial charge in [0.2, 0.25) is 11.8 Å².